The molecule has 2 aromatic rings. The molecule has 128 valence electrons. The standard InChI is InChI=1S/C17H19F2N3O2/c1-22(17(20)23)21-10-2-3-12-4-9-16(15(19)11-12)24-14-7-5-13(18)6-8-14/h4-9,11,21H,2-3,10H2,1H3,(H2,20,23). The van der Waals surface area contributed by atoms with E-state index in [-0.39, 0.29) is 11.6 Å². The fourth-order valence-electron chi connectivity index (χ4n) is 2.03. The molecule has 3 N–H and O–H groups in total. The number of ether oxygens (including phenoxy) is 1. The minimum Gasteiger partial charge on any atom is -0.454 e. The second-order valence-electron chi connectivity index (χ2n) is 5.23. The van der Waals surface area contributed by atoms with E-state index >= 15 is 0 Å². The van der Waals surface area contributed by atoms with Gasteiger partial charge in [-0.1, -0.05) is 6.07 Å². The summed E-state index contributed by atoms with van der Waals surface area (Å²) in [5, 5.41) is 1.19. The Hall–Kier alpha value is -2.67. The van der Waals surface area contributed by atoms with Crippen LogP contribution in [-0.4, -0.2) is 24.6 Å². The van der Waals surface area contributed by atoms with Crippen LogP contribution in [0.3, 0.4) is 0 Å². The molecular weight excluding hydrogens is 316 g/mol. The molecule has 0 saturated heterocycles. The number of carbonyl (C=O) groups is 1. The Morgan fingerprint density at radius 2 is 1.92 bits per heavy atom. The summed E-state index contributed by atoms with van der Waals surface area (Å²) in [6, 6.07) is 9.50. The van der Waals surface area contributed by atoms with Crippen molar-refractivity contribution in [2.75, 3.05) is 13.6 Å². The van der Waals surface area contributed by atoms with Crippen LogP contribution >= 0.6 is 0 Å². The second-order valence-corrected chi connectivity index (χ2v) is 5.23. The molecule has 0 radical (unpaired) electrons. The molecule has 0 fully saturated rings. The van der Waals surface area contributed by atoms with Crippen molar-refractivity contribution in [1.29, 1.82) is 0 Å². The van der Waals surface area contributed by atoms with Gasteiger partial charge >= 0.3 is 6.03 Å². The molecule has 0 atom stereocenters. The zero-order valence-electron chi connectivity index (χ0n) is 13.3. The summed E-state index contributed by atoms with van der Waals surface area (Å²) in [5.74, 6) is -0.425. The van der Waals surface area contributed by atoms with Crippen molar-refractivity contribution in [2.24, 2.45) is 5.73 Å². The lowest BCUT2D eigenvalue weighted by Gasteiger charge is -2.15. The predicted molar refractivity (Wildman–Crippen MR) is 86.5 cm³/mol. The first-order chi connectivity index (χ1) is 11.5. The average Bonchev–Trinajstić information content (AvgIpc) is 2.55. The number of aryl methyl sites for hydroxylation is 1. The molecule has 0 aliphatic rings. The monoisotopic (exact) mass is 335 g/mol. The van der Waals surface area contributed by atoms with Crippen LogP contribution in [0.25, 0.3) is 0 Å². The van der Waals surface area contributed by atoms with E-state index in [4.69, 9.17) is 10.5 Å². The first kappa shape index (κ1) is 17.7. The molecule has 7 heteroatoms. The zero-order valence-corrected chi connectivity index (χ0v) is 13.3. The van der Waals surface area contributed by atoms with Gasteiger partial charge in [0.1, 0.15) is 11.6 Å². The molecule has 0 aliphatic carbocycles. The summed E-state index contributed by atoms with van der Waals surface area (Å²) in [6.45, 7) is 0.537. The number of nitrogens with zero attached hydrogens (tertiary/aromatic N) is 1. The number of halogens is 2. The Bertz CT molecular complexity index is 693. The highest BCUT2D eigenvalue weighted by atomic mass is 19.1. The summed E-state index contributed by atoms with van der Waals surface area (Å²) < 4.78 is 32.3. The molecule has 0 heterocycles. The Morgan fingerprint density at radius 1 is 1.21 bits per heavy atom. The third-order valence-corrected chi connectivity index (χ3v) is 3.36. The molecule has 2 aromatic carbocycles. The zero-order chi connectivity index (χ0) is 17.5. The first-order valence-corrected chi connectivity index (χ1v) is 7.44. The van der Waals surface area contributed by atoms with E-state index in [9.17, 15) is 13.6 Å². The van der Waals surface area contributed by atoms with Crippen molar-refractivity contribution in [3.05, 3.63) is 59.7 Å². The van der Waals surface area contributed by atoms with E-state index in [2.05, 4.69) is 5.43 Å². The number of nitrogens with two attached hydrogens (primary N) is 1. The van der Waals surface area contributed by atoms with Crippen LogP contribution < -0.4 is 15.9 Å². The van der Waals surface area contributed by atoms with Crippen molar-refractivity contribution in [1.82, 2.24) is 10.4 Å². The summed E-state index contributed by atoms with van der Waals surface area (Å²) in [7, 11) is 1.53. The maximum absolute atomic E-state index is 14.1. The second kappa shape index (κ2) is 8.26. The van der Waals surface area contributed by atoms with Crippen molar-refractivity contribution in [2.45, 2.75) is 12.8 Å². The number of rotatable bonds is 7. The van der Waals surface area contributed by atoms with Gasteiger partial charge in [0.25, 0.3) is 0 Å². The van der Waals surface area contributed by atoms with E-state index in [1.807, 2.05) is 0 Å². The van der Waals surface area contributed by atoms with Gasteiger partial charge in [-0.2, -0.15) is 0 Å². The van der Waals surface area contributed by atoms with Crippen molar-refractivity contribution in [3.63, 3.8) is 0 Å². The fraction of sp³-hybridized carbons (Fsp3) is 0.235. The highest BCUT2D eigenvalue weighted by Gasteiger charge is 2.07. The van der Waals surface area contributed by atoms with Gasteiger partial charge in [0.2, 0.25) is 0 Å². The summed E-state index contributed by atoms with van der Waals surface area (Å²) in [5.41, 5.74) is 8.71. The number of benzene rings is 2. The number of amides is 2. The molecule has 0 spiro atoms. The van der Waals surface area contributed by atoms with Crippen LogP contribution in [-0.2, 0) is 6.42 Å². The average molecular weight is 335 g/mol. The topological polar surface area (TPSA) is 67.6 Å². The fourth-order valence-corrected chi connectivity index (χ4v) is 2.03. The minimum atomic E-state index is -0.566. The van der Waals surface area contributed by atoms with Crippen molar-refractivity contribution < 1.29 is 18.3 Å². The van der Waals surface area contributed by atoms with Crippen LogP contribution in [0.2, 0.25) is 0 Å². The van der Waals surface area contributed by atoms with Crippen LogP contribution in [0.1, 0.15) is 12.0 Å². The molecular formula is C17H19F2N3O2. The predicted octanol–water partition coefficient (Wildman–Crippen LogP) is 3.20. The van der Waals surface area contributed by atoms with Gasteiger partial charge in [0, 0.05) is 13.6 Å². The van der Waals surface area contributed by atoms with E-state index in [0.29, 0.717) is 25.1 Å². The van der Waals surface area contributed by atoms with Crippen molar-refractivity contribution in [3.8, 4) is 11.5 Å². The lowest BCUT2D eigenvalue weighted by molar-refractivity contribution is 0.196. The summed E-state index contributed by atoms with van der Waals surface area (Å²) in [6.07, 6.45) is 1.34. The maximum atomic E-state index is 14.1. The Morgan fingerprint density at radius 3 is 2.54 bits per heavy atom. The number of urea groups is 1. The molecule has 24 heavy (non-hydrogen) atoms. The van der Waals surface area contributed by atoms with Crippen molar-refractivity contribution >= 4 is 6.03 Å². The number of hydrogen-bond donors (Lipinski definition) is 2. The molecule has 5 nitrogen and oxygen atoms in total. The molecule has 0 saturated carbocycles. The highest BCUT2D eigenvalue weighted by Crippen LogP contribution is 2.25. The van der Waals surface area contributed by atoms with Gasteiger partial charge < -0.3 is 10.5 Å². The van der Waals surface area contributed by atoms with Gasteiger partial charge in [-0.15, -0.1) is 0 Å². The Labute approximate surface area is 139 Å². The molecule has 0 bridgehead atoms. The van der Waals surface area contributed by atoms with E-state index in [0.717, 1.165) is 5.56 Å². The number of primary amides is 1. The van der Waals surface area contributed by atoms with E-state index in [1.54, 1.807) is 6.07 Å². The lowest BCUT2D eigenvalue weighted by Crippen LogP contribution is -2.43. The quantitative estimate of drug-likeness (QED) is 0.603. The number of nitrogens with one attached hydrogen (secondary N) is 1. The Balaban J connectivity index is 1.87. The van der Waals surface area contributed by atoms with Crippen LogP contribution in [0.4, 0.5) is 13.6 Å². The van der Waals surface area contributed by atoms with E-state index in [1.165, 1.54) is 48.5 Å². The van der Waals surface area contributed by atoms with E-state index < -0.39 is 11.8 Å². The first-order valence-electron chi connectivity index (χ1n) is 7.44. The largest absolute Gasteiger partial charge is 0.454 e. The molecule has 2 amide bonds. The van der Waals surface area contributed by atoms with Gasteiger partial charge in [-0.25, -0.2) is 19.0 Å². The number of carbonyl (C=O) groups excluding carboxylic acids is 1. The normalized spacial score (nSPS) is 10.5. The number of hydrazine groups is 1. The minimum absolute atomic E-state index is 0.0805. The highest BCUT2D eigenvalue weighted by molar-refractivity contribution is 5.70. The third kappa shape index (κ3) is 5.20. The lowest BCUT2D eigenvalue weighted by atomic mass is 10.1. The Kier molecular flexibility index (Phi) is 6.08. The van der Waals surface area contributed by atoms with Gasteiger partial charge in [0.15, 0.2) is 11.6 Å². The maximum Gasteiger partial charge on any atom is 0.328 e. The number of hydrogen-bond acceptors (Lipinski definition) is 3. The summed E-state index contributed by atoms with van der Waals surface area (Å²) >= 11 is 0. The molecule has 0 aliphatic heterocycles. The third-order valence-electron chi connectivity index (χ3n) is 3.36. The van der Waals surface area contributed by atoms with Crippen LogP contribution in [0.15, 0.2) is 42.5 Å². The van der Waals surface area contributed by atoms with Gasteiger partial charge in [-0.05, 0) is 54.8 Å². The van der Waals surface area contributed by atoms with Crippen LogP contribution in [0, 0.1) is 11.6 Å². The van der Waals surface area contributed by atoms with Gasteiger partial charge in [0.05, 0.1) is 0 Å². The van der Waals surface area contributed by atoms with Crippen LogP contribution in [0.5, 0.6) is 11.5 Å². The van der Waals surface area contributed by atoms with Gasteiger partial charge in [-0.3, -0.25) is 5.01 Å². The summed E-state index contributed by atoms with van der Waals surface area (Å²) in [4.78, 5) is 10.8. The molecule has 2 rings (SSSR count). The molecule has 0 aromatic heterocycles. The smallest absolute Gasteiger partial charge is 0.328 e. The molecule has 0 unspecified atom stereocenters. The SMILES string of the molecule is CN(NCCCc1ccc(Oc2ccc(F)cc2)c(F)c1)C(N)=O.